The van der Waals surface area contributed by atoms with Crippen LogP contribution in [0, 0.1) is 11.8 Å². The average Bonchev–Trinajstić information content (AvgIpc) is 2.63. The van der Waals surface area contributed by atoms with E-state index < -0.39 is 0 Å². The van der Waals surface area contributed by atoms with Crippen molar-refractivity contribution in [1.29, 1.82) is 0 Å². The van der Waals surface area contributed by atoms with Crippen LogP contribution in [0.5, 0.6) is 0 Å². The van der Waals surface area contributed by atoms with Crippen molar-refractivity contribution in [2.24, 2.45) is 0 Å². The fraction of sp³-hybridized carbons (Fsp3) is 0.385. The van der Waals surface area contributed by atoms with Crippen LogP contribution in [-0.4, -0.2) is 24.5 Å². The molecule has 1 aliphatic rings. The third-order valence-corrected chi connectivity index (χ3v) is 2.68. The predicted molar refractivity (Wildman–Crippen MR) is 59.0 cm³/mol. The topological polar surface area (TPSA) is 3.24 Å². The molecule has 0 radical (unpaired) electrons. The molecule has 0 aromatic heterocycles. The Morgan fingerprint density at radius 1 is 1.29 bits per heavy atom. The Balaban J connectivity index is 2.07. The molecule has 72 valence electrons. The van der Waals surface area contributed by atoms with Crippen LogP contribution in [0.3, 0.4) is 0 Å². The van der Waals surface area contributed by atoms with E-state index in [1.165, 1.54) is 19.4 Å². The first kappa shape index (κ1) is 9.30. The monoisotopic (exact) mass is 185 g/mol. The lowest BCUT2D eigenvalue weighted by Gasteiger charge is -2.12. The smallest absolute Gasteiger partial charge is 0.0716 e. The molecule has 0 N–H and O–H groups in total. The van der Waals surface area contributed by atoms with Gasteiger partial charge in [-0.25, -0.2) is 0 Å². The molecule has 1 heteroatoms. The van der Waals surface area contributed by atoms with Crippen molar-refractivity contribution in [3.05, 3.63) is 35.9 Å². The number of benzene rings is 1. The summed E-state index contributed by atoms with van der Waals surface area (Å²) in [5.74, 6) is 6.55. The summed E-state index contributed by atoms with van der Waals surface area (Å²) in [5.41, 5.74) is 1.12. The highest BCUT2D eigenvalue weighted by Crippen LogP contribution is 2.13. The Morgan fingerprint density at radius 2 is 2.07 bits per heavy atom. The standard InChI is InChI=1S/C13H15N/c1-14-11-5-8-13(14)10-9-12-6-3-2-4-7-12/h2-4,6-7,13H,5,8,11H2,1H3. The van der Waals surface area contributed by atoms with Crippen LogP contribution in [0.15, 0.2) is 30.3 Å². The number of nitrogens with zero attached hydrogens (tertiary/aromatic N) is 1. The normalized spacial score (nSPS) is 21.6. The zero-order chi connectivity index (χ0) is 9.80. The Hall–Kier alpha value is -1.26. The van der Waals surface area contributed by atoms with E-state index >= 15 is 0 Å². The lowest BCUT2D eigenvalue weighted by molar-refractivity contribution is 0.365. The fourth-order valence-electron chi connectivity index (χ4n) is 1.78. The van der Waals surface area contributed by atoms with Crippen LogP contribution in [0.25, 0.3) is 0 Å². The first-order valence-corrected chi connectivity index (χ1v) is 5.13. The summed E-state index contributed by atoms with van der Waals surface area (Å²) < 4.78 is 0. The Kier molecular flexibility index (Phi) is 2.86. The fourth-order valence-corrected chi connectivity index (χ4v) is 1.78. The number of hydrogen-bond donors (Lipinski definition) is 0. The number of likely N-dealkylation sites (tertiary alicyclic amines) is 1. The van der Waals surface area contributed by atoms with Gasteiger partial charge in [0.1, 0.15) is 0 Å². The summed E-state index contributed by atoms with van der Waals surface area (Å²) in [5, 5.41) is 0. The molecule has 1 fully saturated rings. The minimum atomic E-state index is 0.468. The molecule has 0 amide bonds. The van der Waals surface area contributed by atoms with Gasteiger partial charge in [0, 0.05) is 5.56 Å². The zero-order valence-electron chi connectivity index (χ0n) is 8.53. The average molecular weight is 185 g/mol. The van der Waals surface area contributed by atoms with Crippen LogP contribution in [0.2, 0.25) is 0 Å². The predicted octanol–water partition coefficient (Wildman–Crippen LogP) is 2.13. The molecule has 1 saturated heterocycles. The van der Waals surface area contributed by atoms with Gasteiger partial charge in [-0.05, 0) is 38.6 Å². The second-order valence-corrected chi connectivity index (χ2v) is 3.77. The van der Waals surface area contributed by atoms with Crippen LogP contribution in [0.1, 0.15) is 18.4 Å². The minimum Gasteiger partial charge on any atom is -0.293 e. The van der Waals surface area contributed by atoms with E-state index in [2.05, 4.69) is 35.9 Å². The van der Waals surface area contributed by atoms with E-state index in [0.717, 1.165) is 5.56 Å². The molecule has 0 saturated carbocycles. The maximum absolute atomic E-state index is 3.32. The van der Waals surface area contributed by atoms with Gasteiger partial charge in [-0.3, -0.25) is 4.90 Å². The van der Waals surface area contributed by atoms with Gasteiger partial charge in [-0.1, -0.05) is 30.0 Å². The van der Waals surface area contributed by atoms with Crippen LogP contribution < -0.4 is 0 Å². The Morgan fingerprint density at radius 3 is 2.71 bits per heavy atom. The second kappa shape index (κ2) is 4.30. The van der Waals surface area contributed by atoms with Gasteiger partial charge in [0.2, 0.25) is 0 Å². The largest absolute Gasteiger partial charge is 0.293 e. The van der Waals surface area contributed by atoms with Crippen molar-refractivity contribution in [3.8, 4) is 11.8 Å². The molecule has 1 heterocycles. The summed E-state index contributed by atoms with van der Waals surface area (Å²) in [6.07, 6.45) is 2.50. The van der Waals surface area contributed by atoms with Crippen molar-refractivity contribution in [1.82, 2.24) is 4.90 Å². The van der Waals surface area contributed by atoms with Crippen LogP contribution in [-0.2, 0) is 0 Å². The summed E-state index contributed by atoms with van der Waals surface area (Å²) >= 11 is 0. The lowest BCUT2D eigenvalue weighted by atomic mass is 10.2. The zero-order valence-corrected chi connectivity index (χ0v) is 8.53. The Bertz CT molecular complexity index is 344. The minimum absolute atomic E-state index is 0.468. The maximum Gasteiger partial charge on any atom is 0.0716 e. The summed E-state index contributed by atoms with van der Waals surface area (Å²) in [6.45, 7) is 1.19. The molecule has 1 unspecified atom stereocenters. The molecule has 0 bridgehead atoms. The van der Waals surface area contributed by atoms with E-state index in [4.69, 9.17) is 0 Å². The number of rotatable bonds is 0. The lowest BCUT2D eigenvalue weighted by Crippen LogP contribution is -2.22. The molecule has 1 aliphatic heterocycles. The highest BCUT2D eigenvalue weighted by molar-refractivity contribution is 5.34. The third-order valence-electron chi connectivity index (χ3n) is 2.68. The van der Waals surface area contributed by atoms with E-state index in [-0.39, 0.29) is 0 Å². The van der Waals surface area contributed by atoms with Gasteiger partial charge in [0.05, 0.1) is 6.04 Å². The highest BCUT2D eigenvalue weighted by Gasteiger charge is 2.17. The van der Waals surface area contributed by atoms with Crippen molar-refractivity contribution in [2.45, 2.75) is 18.9 Å². The molecule has 0 spiro atoms. The molecule has 1 aromatic carbocycles. The molecule has 0 aliphatic carbocycles. The molecular weight excluding hydrogens is 170 g/mol. The second-order valence-electron chi connectivity index (χ2n) is 3.77. The molecule has 1 aromatic rings. The molecule has 1 atom stereocenters. The SMILES string of the molecule is CN1CCCC1C#Cc1ccccc1. The van der Waals surface area contributed by atoms with Gasteiger partial charge in [-0.2, -0.15) is 0 Å². The van der Waals surface area contributed by atoms with Crippen molar-refractivity contribution < 1.29 is 0 Å². The van der Waals surface area contributed by atoms with Crippen molar-refractivity contribution in [2.75, 3.05) is 13.6 Å². The Labute approximate surface area is 85.7 Å². The van der Waals surface area contributed by atoms with Crippen LogP contribution >= 0.6 is 0 Å². The third kappa shape index (κ3) is 2.16. The molecule has 2 rings (SSSR count). The molecule has 1 nitrogen and oxygen atoms in total. The number of hydrogen-bond acceptors (Lipinski definition) is 1. The van der Waals surface area contributed by atoms with Gasteiger partial charge in [0.25, 0.3) is 0 Å². The van der Waals surface area contributed by atoms with Gasteiger partial charge in [0.15, 0.2) is 0 Å². The highest BCUT2D eigenvalue weighted by atomic mass is 15.1. The molecular formula is C13H15N. The maximum atomic E-state index is 3.32. The van der Waals surface area contributed by atoms with E-state index in [1.54, 1.807) is 0 Å². The molecule has 14 heavy (non-hydrogen) atoms. The van der Waals surface area contributed by atoms with Crippen LogP contribution in [0.4, 0.5) is 0 Å². The van der Waals surface area contributed by atoms with Crippen molar-refractivity contribution >= 4 is 0 Å². The quantitative estimate of drug-likeness (QED) is 0.560. The first-order valence-electron chi connectivity index (χ1n) is 5.13. The first-order chi connectivity index (χ1) is 6.86. The van der Waals surface area contributed by atoms with E-state index in [0.29, 0.717) is 6.04 Å². The van der Waals surface area contributed by atoms with E-state index in [9.17, 15) is 0 Å². The van der Waals surface area contributed by atoms with E-state index in [1.807, 2.05) is 18.2 Å². The van der Waals surface area contributed by atoms with Crippen molar-refractivity contribution in [3.63, 3.8) is 0 Å². The van der Waals surface area contributed by atoms with Gasteiger partial charge < -0.3 is 0 Å². The van der Waals surface area contributed by atoms with Gasteiger partial charge in [-0.15, -0.1) is 0 Å². The summed E-state index contributed by atoms with van der Waals surface area (Å²) in [4.78, 5) is 2.33. The van der Waals surface area contributed by atoms with Gasteiger partial charge >= 0.3 is 0 Å². The summed E-state index contributed by atoms with van der Waals surface area (Å²) in [6, 6.07) is 10.7. The summed E-state index contributed by atoms with van der Waals surface area (Å²) in [7, 11) is 2.15.